The molecule has 0 N–H and O–H groups in total. The third-order valence-electron chi connectivity index (χ3n) is 4.46. The molecule has 0 atom stereocenters. The van der Waals surface area contributed by atoms with Crippen molar-refractivity contribution in [1.82, 2.24) is 0 Å². The van der Waals surface area contributed by atoms with Crippen LogP contribution < -0.4 is 0 Å². The van der Waals surface area contributed by atoms with E-state index in [-0.39, 0.29) is 6.10 Å². The minimum Gasteiger partial charge on any atom is -0.449 e. The minimum atomic E-state index is -0.397. The van der Waals surface area contributed by atoms with Crippen LogP contribution in [0.1, 0.15) is 28.4 Å². The highest BCUT2D eigenvalue weighted by Crippen LogP contribution is 2.45. The number of esters is 1. The molecule has 0 radical (unpaired) electrons. The van der Waals surface area contributed by atoms with Gasteiger partial charge in [-0.05, 0) is 34.9 Å². The number of ether oxygens (including phenoxy) is 1. The summed E-state index contributed by atoms with van der Waals surface area (Å²) in [7, 11) is 0. The zero-order chi connectivity index (χ0) is 17.9. The molecule has 3 nitrogen and oxygen atoms in total. The topological polar surface area (TPSA) is 50.1 Å². The fourth-order valence-electron chi connectivity index (χ4n) is 3.22. The van der Waals surface area contributed by atoms with E-state index < -0.39 is 5.97 Å². The second-order valence-corrected chi connectivity index (χ2v) is 6.06. The molecule has 0 fully saturated rings. The number of nitriles is 1. The monoisotopic (exact) mass is 337 g/mol. The van der Waals surface area contributed by atoms with Crippen molar-refractivity contribution in [1.29, 1.82) is 5.26 Å². The van der Waals surface area contributed by atoms with E-state index >= 15 is 0 Å². The molecule has 0 amide bonds. The molecule has 0 aliphatic heterocycles. The Balaban J connectivity index is 1.56. The Bertz CT molecular complexity index is 997. The Labute approximate surface area is 151 Å². The molecular weight excluding hydrogens is 322 g/mol. The number of carbonyl (C=O) groups excluding carboxylic acids is 1. The number of carbonyl (C=O) groups is 1. The first-order valence-electron chi connectivity index (χ1n) is 8.33. The predicted molar refractivity (Wildman–Crippen MR) is 100 cm³/mol. The van der Waals surface area contributed by atoms with Gasteiger partial charge < -0.3 is 4.74 Å². The molecule has 0 unspecified atom stereocenters. The van der Waals surface area contributed by atoms with Crippen LogP contribution in [0.5, 0.6) is 0 Å². The van der Waals surface area contributed by atoms with E-state index in [9.17, 15) is 4.79 Å². The van der Waals surface area contributed by atoms with Crippen molar-refractivity contribution in [2.45, 2.75) is 6.10 Å². The van der Waals surface area contributed by atoms with Crippen LogP contribution in [0.25, 0.3) is 17.2 Å². The average Bonchev–Trinajstić information content (AvgIpc) is 3.01. The molecule has 0 aromatic heterocycles. The van der Waals surface area contributed by atoms with Crippen LogP contribution in [-0.2, 0) is 9.53 Å². The van der Waals surface area contributed by atoms with Gasteiger partial charge in [-0.3, -0.25) is 0 Å². The fourth-order valence-corrected chi connectivity index (χ4v) is 3.22. The van der Waals surface area contributed by atoms with Crippen molar-refractivity contribution in [2.75, 3.05) is 0 Å². The highest BCUT2D eigenvalue weighted by atomic mass is 16.5. The lowest BCUT2D eigenvalue weighted by Gasteiger charge is -2.13. The van der Waals surface area contributed by atoms with E-state index in [0.717, 1.165) is 27.8 Å². The van der Waals surface area contributed by atoms with Crippen LogP contribution in [-0.4, -0.2) is 5.97 Å². The SMILES string of the molecule is N#Cc1ccc(/C=C/C(=O)OC2c3ccccc3-c3ccccc32)cc1. The van der Waals surface area contributed by atoms with Crippen molar-refractivity contribution < 1.29 is 9.53 Å². The number of benzene rings is 3. The van der Waals surface area contributed by atoms with Crippen molar-refractivity contribution in [3.8, 4) is 17.2 Å². The molecule has 4 rings (SSSR count). The number of hydrogen-bond acceptors (Lipinski definition) is 3. The summed E-state index contributed by atoms with van der Waals surface area (Å²) in [5.41, 5.74) is 5.66. The van der Waals surface area contributed by atoms with Gasteiger partial charge in [0, 0.05) is 17.2 Å². The van der Waals surface area contributed by atoms with Gasteiger partial charge >= 0.3 is 5.97 Å². The molecule has 0 spiro atoms. The second kappa shape index (κ2) is 6.70. The maximum absolute atomic E-state index is 12.4. The molecule has 1 aliphatic carbocycles. The molecule has 1 aliphatic rings. The summed E-state index contributed by atoms with van der Waals surface area (Å²) >= 11 is 0. The van der Waals surface area contributed by atoms with Gasteiger partial charge in [0.25, 0.3) is 0 Å². The summed E-state index contributed by atoms with van der Waals surface area (Å²) in [6, 6.07) is 25.1. The molecule has 0 heterocycles. The van der Waals surface area contributed by atoms with Gasteiger partial charge in [0.2, 0.25) is 0 Å². The molecule has 3 aromatic carbocycles. The Morgan fingerprint density at radius 1 is 0.885 bits per heavy atom. The standard InChI is InChI=1S/C23H15NO2/c24-15-17-11-9-16(10-12-17)13-14-22(25)26-23-20-7-3-1-5-18(20)19-6-2-4-8-21(19)23/h1-14,23H/b14-13+. The highest BCUT2D eigenvalue weighted by Gasteiger charge is 2.30. The summed E-state index contributed by atoms with van der Waals surface area (Å²) in [4.78, 5) is 12.4. The van der Waals surface area contributed by atoms with Crippen LogP contribution in [0.3, 0.4) is 0 Å². The van der Waals surface area contributed by atoms with E-state index in [0.29, 0.717) is 5.56 Å². The summed E-state index contributed by atoms with van der Waals surface area (Å²) in [6.45, 7) is 0. The van der Waals surface area contributed by atoms with Crippen molar-refractivity contribution in [3.63, 3.8) is 0 Å². The van der Waals surface area contributed by atoms with Crippen molar-refractivity contribution in [3.05, 3.63) is 101 Å². The molecule has 0 saturated heterocycles. The predicted octanol–water partition coefficient (Wildman–Crippen LogP) is 4.88. The maximum atomic E-state index is 12.4. The molecule has 3 aromatic rings. The van der Waals surface area contributed by atoms with Crippen LogP contribution in [0.4, 0.5) is 0 Å². The lowest BCUT2D eigenvalue weighted by Crippen LogP contribution is -2.08. The number of rotatable bonds is 3. The lowest BCUT2D eigenvalue weighted by atomic mass is 10.1. The molecule has 0 bridgehead atoms. The smallest absolute Gasteiger partial charge is 0.331 e. The molecular formula is C23H15NO2. The molecule has 124 valence electrons. The first-order chi connectivity index (χ1) is 12.8. The summed E-state index contributed by atoms with van der Waals surface area (Å²) in [5.74, 6) is -0.397. The van der Waals surface area contributed by atoms with Crippen molar-refractivity contribution >= 4 is 12.0 Å². The normalized spacial score (nSPS) is 12.4. The Kier molecular flexibility index (Phi) is 4.09. The Hall–Kier alpha value is -3.64. The van der Waals surface area contributed by atoms with Gasteiger partial charge in [-0.2, -0.15) is 5.26 Å². The zero-order valence-electron chi connectivity index (χ0n) is 13.9. The van der Waals surface area contributed by atoms with Crippen LogP contribution >= 0.6 is 0 Å². The van der Waals surface area contributed by atoms with Gasteiger partial charge in [-0.25, -0.2) is 4.79 Å². The Morgan fingerprint density at radius 2 is 1.46 bits per heavy atom. The highest BCUT2D eigenvalue weighted by molar-refractivity contribution is 5.88. The van der Waals surface area contributed by atoms with Crippen LogP contribution in [0.15, 0.2) is 78.9 Å². The zero-order valence-corrected chi connectivity index (χ0v) is 13.9. The average molecular weight is 337 g/mol. The van der Waals surface area contributed by atoms with E-state index in [2.05, 4.69) is 18.2 Å². The van der Waals surface area contributed by atoms with Crippen LogP contribution in [0.2, 0.25) is 0 Å². The number of fused-ring (bicyclic) bond motifs is 3. The molecule has 26 heavy (non-hydrogen) atoms. The first kappa shape index (κ1) is 15.9. The summed E-state index contributed by atoms with van der Waals surface area (Å²) in [6.07, 6.45) is 2.72. The van der Waals surface area contributed by atoms with E-state index in [1.165, 1.54) is 6.08 Å². The minimum absolute atomic E-state index is 0.388. The summed E-state index contributed by atoms with van der Waals surface area (Å²) < 4.78 is 5.75. The maximum Gasteiger partial charge on any atom is 0.331 e. The van der Waals surface area contributed by atoms with E-state index in [4.69, 9.17) is 10.00 Å². The molecule has 0 saturated carbocycles. The summed E-state index contributed by atoms with van der Waals surface area (Å²) in [5, 5.41) is 8.82. The largest absolute Gasteiger partial charge is 0.449 e. The van der Waals surface area contributed by atoms with Crippen molar-refractivity contribution in [2.24, 2.45) is 0 Å². The van der Waals surface area contributed by atoms with Gasteiger partial charge in [0.05, 0.1) is 11.6 Å². The number of hydrogen-bond donors (Lipinski definition) is 0. The van der Waals surface area contributed by atoms with Gasteiger partial charge in [-0.15, -0.1) is 0 Å². The van der Waals surface area contributed by atoms with E-state index in [1.54, 1.807) is 30.3 Å². The number of nitrogens with zero attached hydrogens (tertiary/aromatic N) is 1. The second-order valence-electron chi connectivity index (χ2n) is 6.06. The Morgan fingerprint density at radius 3 is 2.04 bits per heavy atom. The lowest BCUT2D eigenvalue weighted by molar-refractivity contribution is -0.141. The van der Waals surface area contributed by atoms with Gasteiger partial charge in [-0.1, -0.05) is 60.7 Å². The van der Waals surface area contributed by atoms with Crippen LogP contribution in [0, 0.1) is 11.3 Å². The third kappa shape index (κ3) is 2.89. The van der Waals surface area contributed by atoms with Gasteiger partial charge in [0.15, 0.2) is 6.10 Å². The quantitative estimate of drug-likeness (QED) is 0.505. The van der Waals surface area contributed by atoms with E-state index in [1.807, 2.05) is 36.4 Å². The fraction of sp³-hybridized carbons (Fsp3) is 0.0435. The third-order valence-corrected chi connectivity index (χ3v) is 4.46. The first-order valence-corrected chi connectivity index (χ1v) is 8.33. The van der Waals surface area contributed by atoms with Gasteiger partial charge in [0.1, 0.15) is 0 Å². The molecule has 3 heteroatoms.